The first-order valence-electron chi connectivity index (χ1n) is 7.63. The number of fused-ring (bicyclic) bond motifs is 5. The molecule has 4 rings (SSSR count). The summed E-state index contributed by atoms with van der Waals surface area (Å²) in [5, 5.41) is 5.36. The third-order valence-electron chi connectivity index (χ3n) is 5.06. The summed E-state index contributed by atoms with van der Waals surface area (Å²) in [5.41, 5.74) is 3.40. The molecule has 0 fully saturated rings. The van der Waals surface area contributed by atoms with Crippen LogP contribution in [0, 0.1) is 0 Å². The Kier molecular flexibility index (Phi) is 2.56. The molecule has 21 heavy (non-hydrogen) atoms. The van der Waals surface area contributed by atoms with Crippen molar-refractivity contribution in [2.75, 3.05) is 7.11 Å². The van der Waals surface area contributed by atoms with Crippen molar-refractivity contribution in [3.05, 3.63) is 53.6 Å². The smallest absolute Gasteiger partial charge is 0.119 e. The van der Waals surface area contributed by atoms with Crippen LogP contribution < -0.4 is 4.74 Å². The van der Waals surface area contributed by atoms with Gasteiger partial charge in [-0.05, 0) is 63.1 Å². The van der Waals surface area contributed by atoms with E-state index in [0.29, 0.717) is 5.41 Å². The highest BCUT2D eigenvalue weighted by molar-refractivity contribution is 6.09. The molecule has 0 amide bonds. The number of methoxy groups -OCH3 is 1. The van der Waals surface area contributed by atoms with E-state index in [4.69, 9.17) is 4.74 Å². The average Bonchev–Trinajstić information content (AvgIpc) is 2.82. The Balaban J connectivity index is 2.06. The van der Waals surface area contributed by atoms with E-state index in [-0.39, 0.29) is 0 Å². The Morgan fingerprint density at radius 3 is 2.48 bits per heavy atom. The molecule has 1 nitrogen and oxygen atoms in total. The van der Waals surface area contributed by atoms with Crippen LogP contribution in [0.15, 0.2) is 42.5 Å². The van der Waals surface area contributed by atoms with Crippen molar-refractivity contribution in [2.45, 2.75) is 32.1 Å². The molecule has 1 aliphatic carbocycles. The zero-order chi connectivity index (χ0) is 14.6. The molecule has 0 bridgehead atoms. The van der Waals surface area contributed by atoms with Crippen molar-refractivity contribution >= 4 is 21.5 Å². The Morgan fingerprint density at radius 1 is 0.905 bits per heavy atom. The summed E-state index contributed by atoms with van der Waals surface area (Å²) in [6.07, 6.45) is 2.45. The normalized spacial score (nSPS) is 16.3. The molecule has 3 aromatic carbocycles. The molecular formula is C20H20O. The lowest BCUT2D eigenvalue weighted by Gasteiger charge is -2.19. The highest BCUT2D eigenvalue weighted by Crippen LogP contribution is 2.42. The lowest BCUT2D eigenvalue weighted by atomic mass is 9.85. The predicted molar refractivity (Wildman–Crippen MR) is 89.4 cm³/mol. The SMILES string of the molecule is COc1ccc2c(ccc3c4c(ccc32)C(C)(C)CC4)c1. The van der Waals surface area contributed by atoms with E-state index in [2.05, 4.69) is 56.3 Å². The molecule has 1 heteroatoms. The van der Waals surface area contributed by atoms with Crippen LogP contribution in [0.1, 0.15) is 31.4 Å². The topological polar surface area (TPSA) is 9.23 Å². The molecule has 0 saturated carbocycles. The van der Waals surface area contributed by atoms with Gasteiger partial charge in [-0.25, -0.2) is 0 Å². The van der Waals surface area contributed by atoms with Gasteiger partial charge in [0.25, 0.3) is 0 Å². The first-order chi connectivity index (χ1) is 10.1. The molecule has 0 heterocycles. The molecule has 1 aliphatic rings. The second kappa shape index (κ2) is 4.24. The van der Waals surface area contributed by atoms with Crippen LogP contribution in [0.3, 0.4) is 0 Å². The molecule has 0 spiro atoms. The van der Waals surface area contributed by atoms with Crippen molar-refractivity contribution in [2.24, 2.45) is 0 Å². The standard InChI is InChI=1S/C20H20O/c1-20(2)11-10-18-17-6-4-13-12-14(21-3)5-7-15(13)16(17)8-9-19(18)20/h4-9,12H,10-11H2,1-3H3. The summed E-state index contributed by atoms with van der Waals surface area (Å²) < 4.78 is 5.34. The molecule has 0 atom stereocenters. The summed E-state index contributed by atoms with van der Waals surface area (Å²) in [6.45, 7) is 4.72. The van der Waals surface area contributed by atoms with E-state index in [0.717, 1.165) is 5.75 Å². The zero-order valence-corrected chi connectivity index (χ0v) is 12.9. The Bertz CT molecular complexity index is 858. The summed E-state index contributed by atoms with van der Waals surface area (Å²) in [4.78, 5) is 0. The fourth-order valence-electron chi connectivity index (χ4n) is 3.79. The second-order valence-corrected chi connectivity index (χ2v) is 6.72. The van der Waals surface area contributed by atoms with Gasteiger partial charge < -0.3 is 4.74 Å². The van der Waals surface area contributed by atoms with Crippen LogP contribution in [-0.4, -0.2) is 7.11 Å². The van der Waals surface area contributed by atoms with Crippen molar-refractivity contribution in [3.8, 4) is 5.75 Å². The van der Waals surface area contributed by atoms with Gasteiger partial charge in [0.1, 0.15) is 5.75 Å². The van der Waals surface area contributed by atoms with Crippen molar-refractivity contribution < 1.29 is 4.74 Å². The summed E-state index contributed by atoms with van der Waals surface area (Å²) >= 11 is 0. The first-order valence-corrected chi connectivity index (χ1v) is 7.63. The number of hydrogen-bond donors (Lipinski definition) is 0. The van der Waals surface area contributed by atoms with Gasteiger partial charge in [0.2, 0.25) is 0 Å². The third-order valence-corrected chi connectivity index (χ3v) is 5.06. The summed E-state index contributed by atoms with van der Waals surface area (Å²) in [6, 6.07) is 15.5. The maximum absolute atomic E-state index is 5.34. The fourth-order valence-corrected chi connectivity index (χ4v) is 3.79. The van der Waals surface area contributed by atoms with E-state index in [1.165, 1.54) is 39.9 Å². The minimum Gasteiger partial charge on any atom is -0.497 e. The third kappa shape index (κ3) is 1.77. The monoisotopic (exact) mass is 276 g/mol. The van der Waals surface area contributed by atoms with Crippen molar-refractivity contribution in [3.63, 3.8) is 0 Å². The van der Waals surface area contributed by atoms with E-state index in [1.807, 2.05) is 0 Å². The van der Waals surface area contributed by atoms with E-state index in [9.17, 15) is 0 Å². The molecular weight excluding hydrogens is 256 g/mol. The van der Waals surface area contributed by atoms with Crippen LogP contribution >= 0.6 is 0 Å². The lowest BCUT2D eigenvalue weighted by Crippen LogP contribution is -2.11. The van der Waals surface area contributed by atoms with Gasteiger partial charge in [0.05, 0.1) is 7.11 Å². The largest absolute Gasteiger partial charge is 0.497 e. The van der Waals surface area contributed by atoms with Crippen LogP contribution in [0.25, 0.3) is 21.5 Å². The van der Waals surface area contributed by atoms with Crippen LogP contribution in [-0.2, 0) is 11.8 Å². The van der Waals surface area contributed by atoms with Gasteiger partial charge in [-0.1, -0.05) is 44.2 Å². The molecule has 0 radical (unpaired) electrons. The average molecular weight is 276 g/mol. The molecule has 0 unspecified atom stereocenters. The number of aryl methyl sites for hydroxylation is 1. The predicted octanol–water partition coefficient (Wildman–Crippen LogP) is 5.23. The number of hydrogen-bond acceptors (Lipinski definition) is 1. The van der Waals surface area contributed by atoms with E-state index < -0.39 is 0 Å². The number of benzene rings is 3. The van der Waals surface area contributed by atoms with E-state index in [1.54, 1.807) is 12.7 Å². The second-order valence-electron chi connectivity index (χ2n) is 6.72. The van der Waals surface area contributed by atoms with E-state index >= 15 is 0 Å². The molecule has 0 saturated heterocycles. The van der Waals surface area contributed by atoms with Crippen molar-refractivity contribution in [1.29, 1.82) is 0 Å². The lowest BCUT2D eigenvalue weighted by molar-refractivity contribution is 0.415. The maximum Gasteiger partial charge on any atom is 0.119 e. The van der Waals surface area contributed by atoms with Crippen LogP contribution in [0.5, 0.6) is 5.75 Å². The number of rotatable bonds is 1. The Hall–Kier alpha value is -2.02. The molecule has 106 valence electrons. The quantitative estimate of drug-likeness (QED) is 0.553. The molecule has 3 aromatic rings. The Labute approximate surface area is 125 Å². The minimum atomic E-state index is 0.318. The van der Waals surface area contributed by atoms with Gasteiger partial charge >= 0.3 is 0 Å². The van der Waals surface area contributed by atoms with Gasteiger partial charge in [-0.2, -0.15) is 0 Å². The summed E-state index contributed by atoms with van der Waals surface area (Å²) in [7, 11) is 1.72. The molecule has 0 aliphatic heterocycles. The van der Waals surface area contributed by atoms with Gasteiger partial charge in [-0.15, -0.1) is 0 Å². The van der Waals surface area contributed by atoms with Gasteiger partial charge in [0.15, 0.2) is 0 Å². The fraction of sp³-hybridized carbons (Fsp3) is 0.300. The Morgan fingerprint density at radius 2 is 1.67 bits per heavy atom. The zero-order valence-electron chi connectivity index (χ0n) is 12.9. The van der Waals surface area contributed by atoms with Crippen LogP contribution in [0.4, 0.5) is 0 Å². The highest BCUT2D eigenvalue weighted by atomic mass is 16.5. The summed E-state index contributed by atoms with van der Waals surface area (Å²) in [5.74, 6) is 0.921. The first kappa shape index (κ1) is 12.7. The van der Waals surface area contributed by atoms with Gasteiger partial charge in [0, 0.05) is 0 Å². The van der Waals surface area contributed by atoms with Crippen molar-refractivity contribution in [1.82, 2.24) is 0 Å². The minimum absolute atomic E-state index is 0.318. The highest BCUT2D eigenvalue weighted by Gasteiger charge is 2.30. The molecule has 0 aromatic heterocycles. The van der Waals surface area contributed by atoms with Gasteiger partial charge in [-0.3, -0.25) is 0 Å². The molecule has 0 N–H and O–H groups in total. The maximum atomic E-state index is 5.34. The van der Waals surface area contributed by atoms with Crippen LogP contribution in [0.2, 0.25) is 0 Å². The number of ether oxygens (including phenoxy) is 1.